The van der Waals surface area contributed by atoms with Gasteiger partial charge in [0.05, 0.1) is 18.9 Å². The van der Waals surface area contributed by atoms with E-state index in [1.54, 1.807) is 30.3 Å². The van der Waals surface area contributed by atoms with Crippen LogP contribution in [0.15, 0.2) is 52.0 Å². The van der Waals surface area contributed by atoms with Gasteiger partial charge in [0.1, 0.15) is 11.6 Å². The fourth-order valence-electron chi connectivity index (χ4n) is 1.58. The predicted octanol–water partition coefficient (Wildman–Crippen LogP) is 3.36. The Balaban J connectivity index is 2.06. The number of amides is 1. The number of nitrogens with zero attached hydrogens (tertiary/aromatic N) is 1. The number of nitrogens with one attached hydrogen (secondary N) is 1. The summed E-state index contributed by atoms with van der Waals surface area (Å²) in [5.74, 6) is -0.124. The molecule has 4 nitrogen and oxygen atoms in total. The van der Waals surface area contributed by atoms with Crippen molar-refractivity contribution < 1.29 is 13.9 Å². The lowest BCUT2D eigenvalue weighted by molar-refractivity contribution is 0.0954. The van der Waals surface area contributed by atoms with Crippen molar-refractivity contribution in [2.75, 3.05) is 7.11 Å². The number of carbonyl (C=O) groups is 1. The highest BCUT2D eigenvalue weighted by Crippen LogP contribution is 2.22. The van der Waals surface area contributed by atoms with Gasteiger partial charge in [-0.25, -0.2) is 9.82 Å². The van der Waals surface area contributed by atoms with E-state index in [4.69, 9.17) is 4.74 Å². The predicted molar refractivity (Wildman–Crippen MR) is 82.2 cm³/mol. The first kappa shape index (κ1) is 15.2. The molecular formula is C15H12BrFN2O2. The van der Waals surface area contributed by atoms with Crippen molar-refractivity contribution in [2.45, 2.75) is 0 Å². The lowest BCUT2D eigenvalue weighted by Crippen LogP contribution is -2.18. The van der Waals surface area contributed by atoms with Crippen LogP contribution in [-0.2, 0) is 0 Å². The van der Waals surface area contributed by atoms with E-state index in [-0.39, 0.29) is 11.7 Å². The minimum absolute atomic E-state index is 0.323. The summed E-state index contributed by atoms with van der Waals surface area (Å²) < 4.78 is 18.5. The van der Waals surface area contributed by atoms with E-state index in [1.807, 2.05) is 0 Å². The molecule has 0 bridgehead atoms. The number of methoxy groups -OCH3 is 1. The Morgan fingerprint density at radius 2 is 2.00 bits per heavy atom. The maximum atomic E-state index is 12.7. The molecule has 0 radical (unpaired) electrons. The van der Waals surface area contributed by atoms with Crippen LogP contribution in [0.5, 0.6) is 5.75 Å². The normalized spacial score (nSPS) is 10.6. The van der Waals surface area contributed by atoms with E-state index in [2.05, 4.69) is 26.5 Å². The van der Waals surface area contributed by atoms with Gasteiger partial charge in [-0.2, -0.15) is 5.10 Å². The number of rotatable bonds is 4. The minimum atomic E-state index is -0.376. The monoisotopic (exact) mass is 350 g/mol. The fourth-order valence-corrected chi connectivity index (χ4v) is 2.01. The Hall–Kier alpha value is -2.21. The minimum Gasteiger partial charge on any atom is -0.497 e. The van der Waals surface area contributed by atoms with Crippen LogP contribution in [0.4, 0.5) is 4.39 Å². The SMILES string of the molecule is COc1ccc(Br)c(C(=O)N/N=C/c2ccc(F)cc2)c1. The Morgan fingerprint density at radius 3 is 2.67 bits per heavy atom. The van der Waals surface area contributed by atoms with Gasteiger partial charge in [0.15, 0.2) is 0 Å². The molecule has 0 atom stereocenters. The second kappa shape index (κ2) is 6.99. The summed E-state index contributed by atoms with van der Waals surface area (Å²) in [6, 6.07) is 10.8. The van der Waals surface area contributed by atoms with Crippen molar-refractivity contribution in [1.82, 2.24) is 5.43 Å². The number of hydrogen-bond donors (Lipinski definition) is 1. The van der Waals surface area contributed by atoms with E-state index >= 15 is 0 Å². The molecule has 0 spiro atoms. The van der Waals surface area contributed by atoms with Crippen molar-refractivity contribution in [2.24, 2.45) is 5.10 Å². The lowest BCUT2D eigenvalue weighted by Gasteiger charge is -2.05. The van der Waals surface area contributed by atoms with Crippen LogP contribution < -0.4 is 10.2 Å². The maximum absolute atomic E-state index is 12.7. The van der Waals surface area contributed by atoms with Crippen LogP contribution in [0.25, 0.3) is 0 Å². The molecule has 0 aromatic heterocycles. The maximum Gasteiger partial charge on any atom is 0.272 e. The molecule has 0 aliphatic carbocycles. The van der Waals surface area contributed by atoms with Gasteiger partial charge in [-0.05, 0) is 51.8 Å². The zero-order valence-corrected chi connectivity index (χ0v) is 12.7. The van der Waals surface area contributed by atoms with Crippen LogP contribution in [0.2, 0.25) is 0 Å². The Labute approximate surface area is 129 Å². The number of hydrogen-bond acceptors (Lipinski definition) is 3. The largest absolute Gasteiger partial charge is 0.497 e. The first-order valence-electron chi connectivity index (χ1n) is 6.02. The first-order valence-corrected chi connectivity index (χ1v) is 6.82. The van der Waals surface area contributed by atoms with Gasteiger partial charge in [-0.3, -0.25) is 4.79 Å². The van der Waals surface area contributed by atoms with Gasteiger partial charge < -0.3 is 4.74 Å². The molecule has 0 fully saturated rings. The number of hydrazone groups is 1. The number of halogens is 2. The zero-order chi connectivity index (χ0) is 15.2. The average molecular weight is 351 g/mol. The molecule has 6 heteroatoms. The highest BCUT2D eigenvalue weighted by atomic mass is 79.9. The van der Waals surface area contributed by atoms with Crippen LogP contribution >= 0.6 is 15.9 Å². The first-order chi connectivity index (χ1) is 10.1. The standard InChI is InChI=1S/C15H12BrFN2O2/c1-21-12-6-7-14(16)13(8-12)15(20)19-18-9-10-2-4-11(17)5-3-10/h2-9H,1H3,(H,19,20)/b18-9+. The molecule has 0 saturated carbocycles. The summed E-state index contributed by atoms with van der Waals surface area (Å²) in [5.41, 5.74) is 3.50. The Morgan fingerprint density at radius 1 is 1.29 bits per heavy atom. The third-order valence-electron chi connectivity index (χ3n) is 2.67. The molecule has 0 aliphatic rings. The quantitative estimate of drug-likeness (QED) is 0.678. The van der Waals surface area contributed by atoms with Gasteiger partial charge in [-0.15, -0.1) is 0 Å². The molecule has 2 aromatic rings. The second-order valence-electron chi connectivity index (χ2n) is 4.10. The van der Waals surface area contributed by atoms with Crippen LogP contribution in [-0.4, -0.2) is 19.2 Å². The summed E-state index contributed by atoms with van der Waals surface area (Å²) in [6.45, 7) is 0. The average Bonchev–Trinajstić information content (AvgIpc) is 2.49. The number of ether oxygens (including phenoxy) is 1. The molecule has 21 heavy (non-hydrogen) atoms. The van der Waals surface area contributed by atoms with Gasteiger partial charge >= 0.3 is 0 Å². The Bertz CT molecular complexity index is 672. The third-order valence-corrected chi connectivity index (χ3v) is 3.36. The lowest BCUT2D eigenvalue weighted by atomic mass is 10.2. The molecule has 2 rings (SSSR count). The molecule has 1 amide bonds. The zero-order valence-electron chi connectivity index (χ0n) is 11.1. The Kier molecular flexibility index (Phi) is 5.05. The van der Waals surface area contributed by atoms with Crippen LogP contribution in [0.1, 0.15) is 15.9 Å². The second-order valence-corrected chi connectivity index (χ2v) is 4.95. The van der Waals surface area contributed by atoms with Crippen LogP contribution in [0, 0.1) is 5.82 Å². The summed E-state index contributed by atoms with van der Waals surface area (Å²) >= 11 is 3.30. The highest BCUT2D eigenvalue weighted by molar-refractivity contribution is 9.10. The van der Waals surface area contributed by atoms with Gasteiger partial charge in [-0.1, -0.05) is 12.1 Å². The number of benzene rings is 2. The molecule has 0 unspecified atom stereocenters. The molecule has 1 N–H and O–H groups in total. The van der Waals surface area contributed by atoms with Crippen LogP contribution in [0.3, 0.4) is 0 Å². The van der Waals surface area contributed by atoms with Gasteiger partial charge in [0.25, 0.3) is 5.91 Å². The van der Waals surface area contributed by atoms with E-state index in [0.29, 0.717) is 21.3 Å². The van der Waals surface area contributed by atoms with E-state index in [0.717, 1.165) is 0 Å². The van der Waals surface area contributed by atoms with Gasteiger partial charge in [0.2, 0.25) is 0 Å². The summed E-state index contributed by atoms with van der Waals surface area (Å²) in [7, 11) is 1.53. The van der Waals surface area contributed by atoms with E-state index in [9.17, 15) is 9.18 Å². The van der Waals surface area contributed by atoms with Crippen molar-refractivity contribution in [1.29, 1.82) is 0 Å². The molecule has 0 aliphatic heterocycles. The van der Waals surface area contributed by atoms with Crippen molar-refractivity contribution in [3.8, 4) is 5.75 Å². The third kappa shape index (κ3) is 4.13. The van der Waals surface area contributed by atoms with E-state index in [1.165, 1.54) is 25.5 Å². The van der Waals surface area contributed by atoms with Crippen molar-refractivity contribution in [3.05, 3.63) is 63.9 Å². The summed E-state index contributed by atoms with van der Waals surface area (Å²) in [4.78, 5) is 12.0. The number of carbonyl (C=O) groups excluding carboxylic acids is 1. The van der Waals surface area contributed by atoms with Gasteiger partial charge in [0, 0.05) is 4.47 Å². The smallest absolute Gasteiger partial charge is 0.272 e. The molecular weight excluding hydrogens is 339 g/mol. The van der Waals surface area contributed by atoms with E-state index < -0.39 is 0 Å². The summed E-state index contributed by atoms with van der Waals surface area (Å²) in [6.07, 6.45) is 1.44. The topological polar surface area (TPSA) is 50.7 Å². The summed E-state index contributed by atoms with van der Waals surface area (Å²) in [5, 5.41) is 3.84. The molecule has 0 saturated heterocycles. The van der Waals surface area contributed by atoms with Crippen molar-refractivity contribution in [3.63, 3.8) is 0 Å². The van der Waals surface area contributed by atoms with Crippen molar-refractivity contribution >= 4 is 28.1 Å². The molecule has 108 valence electrons. The highest BCUT2D eigenvalue weighted by Gasteiger charge is 2.10. The fraction of sp³-hybridized carbons (Fsp3) is 0.0667. The molecule has 2 aromatic carbocycles. The molecule has 0 heterocycles.